The van der Waals surface area contributed by atoms with Gasteiger partial charge in [0.2, 0.25) is 0 Å². The van der Waals surface area contributed by atoms with E-state index in [1.165, 1.54) is 0 Å². The molecule has 2 aromatic heterocycles. The monoisotopic (exact) mass is 206 g/mol. The van der Waals surface area contributed by atoms with Crippen molar-refractivity contribution in [3.63, 3.8) is 0 Å². The third kappa shape index (κ3) is 2.15. The largest absolute Gasteiger partial charge is 0.377 e. The molecule has 6 heteroatoms. The highest BCUT2D eigenvalue weighted by molar-refractivity contribution is 5.38. The van der Waals surface area contributed by atoms with Crippen molar-refractivity contribution in [1.82, 2.24) is 24.8 Å². The van der Waals surface area contributed by atoms with Gasteiger partial charge in [0.05, 0.1) is 30.3 Å². The van der Waals surface area contributed by atoms with Gasteiger partial charge in [-0.05, 0) is 6.92 Å². The number of anilines is 1. The van der Waals surface area contributed by atoms with Crippen LogP contribution < -0.4 is 5.32 Å². The summed E-state index contributed by atoms with van der Waals surface area (Å²) in [4.78, 5) is 0. The second-order valence-corrected chi connectivity index (χ2v) is 3.29. The van der Waals surface area contributed by atoms with Crippen molar-refractivity contribution in [2.75, 3.05) is 5.32 Å². The predicted octanol–water partition coefficient (Wildman–Crippen LogP) is 0.644. The van der Waals surface area contributed by atoms with Crippen LogP contribution in [0, 0.1) is 0 Å². The van der Waals surface area contributed by atoms with Crippen molar-refractivity contribution in [3.05, 3.63) is 24.3 Å². The molecule has 0 aliphatic heterocycles. The van der Waals surface area contributed by atoms with E-state index in [0.717, 1.165) is 17.9 Å². The minimum absolute atomic E-state index is 0.707. The Balaban J connectivity index is 1.96. The molecule has 80 valence electrons. The lowest BCUT2D eigenvalue weighted by Gasteiger charge is -2.02. The molecule has 2 heterocycles. The maximum atomic E-state index is 4.17. The van der Waals surface area contributed by atoms with Crippen LogP contribution in [0.5, 0.6) is 0 Å². The van der Waals surface area contributed by atoms with Crippen LogP contribution in [-0.2, 0) is 20.1 Å². The van der Waals surface area contributed by atoms with E-state index in [1.54, 1.807) is 10.9 Å². The molecular formula is C9H14N6. The third-order valence-electron chi connectivity index (χ3n) is 2.24. The number of hydrogen-bond donors (Lipinski definition) is 1. The SMILES string of the molecule is CCn1cc(NCc2cnnn2C)cn1. The quantitative estimate of drug-likeness (QED) is 0.797. The molecule has 15 heavy (non-hydrogen) atoms. The summed E-state index contributed by atoms with van der Waals surface area (Å²) in [5, 5.41) is 15.1. The van der Waals surface area contributed by atoms with Gasteiger partial charge < -0.3 is 5.32 Å². The van der Waals surface area contributed by atoms with Crippen LogP contribution in [0.2, 0.25) is 0 Å². The van der Waals surface area contributed by atoms with Crippen LogP contribution in [0.4, 0.5) is 5.69 Å². The highest BCUT2D eigenvalue weighted by Crippen LogP contribution is 2.06. The van der Waals surface area contributed by atoms with Crippen molar-refractivity contribution < 1.29 is 0 Å². The molecule has 0 aromatic carbocycles. The Morgan fingerprint density at radius 1 is 1.40 bits per heavy atom. The average Bonchev–Trinajstić information content (AvgIpc) is 2.84. The first-order valence-electron chi connectivity index (χ1n) is 4.89. The molecule has 0 saturated carbocycles. The van der Waals surface area contributed by atoms with Gasteiger partial charge in [-0.25, -0.2) is 0 Å². The number of nitrogens with one attached hydrogen (secondary N) is 1. The summed E-state index contributed by atoms with van der Waals surface area (Å²) >= 11 is 0. The van der Waals surface area contributed by atoms with Gasteiger partial charge in [-0.1, -0.05) is 5.21 Å². The average molecular weight is 206 g/mol. The number of nitrogens with zero attached hydrogens (tertiary/aromatic N) is 5. The molecule has 0 aliphatic carbocycles. The summed E-state index contributed by atoms with van der Waals surface area (Å²) in [6.07, 6.45) is 5.54. The molecule has 0 unspecified atom stereocenters. The maximum Gasteiger partial charge on any atom is 0.0774 e. The van der Waals surface area contributed by atoms with Gasteiger partial charge in [-0.3, -0.25) is 9.36 Å². The lowest BCUT2D eigenvalue weighted by Crippen LogP contribution is -2.04. The van der Waals surface area contributed by atoms with E-state index in [9.17, 15) is 0 Å². The van der Waals surface area contributed by atoms with Crippen LogP contribution in [0.1, 0.15) is 12.6 Å². The fourth-order valence-electron chi connectivity index (χ4n) is 1.29. The lowest BCUT2D eigenvalue weighted by molar-refractivity contribution is 0.660. The molecule has 0 atom stereocenters. The normalized spacial score (nSPS) is 10.5. The number of aromatic nitrogens is 5. The molecule has 0 amide bonds. The Kier molecular flexibility index (Phi) is 2.66. The zero-order valence-corrected chi connectivity index (χ0v) is 8.88. The van der Waals surface area contributed by atoms with Crippen molar-refractivity contribution in [1.29, 1.82) is 0 Å². The van der Waals surface area contributed by atoms with Gasteiger partial charge in [-0.15, -0.1) is 5.10 Å². The zero-order valence-electron chi connectivity index (χ0n) is 8.88. The van der Waals surface area contributed by atoms with Gasteiger partial charge in [0.1, 0.15) is 0 Å². The summed E-state index contributed by atoms with van der Waals surface area (Å²) in [6, 6.07) is 0. The molecule has 0 aliphatic rings. The molecule has 0 spiro atoms. The van der Waals surface area contributed by atoms with E-state index in [-0.39, 0.29) is 0 Å². The molecule has 2 rings (SSSR count). The fourth-order valence-corrected chi connectivity index (χ4v) is 1.29. The van der Waals surface area contributed by atoms with E-state index in [4.69, 9.17) is 0 Å². The Bertz CT molecular complexity index is 429. The van der Waals surface area contributed by atoms with E-state index < -0.39 is 0 Å². The Morgan fingerprint density at radius 3 is 2.87 bits per heavy atom. The molecule has 0 fully saturated rings. The third-order valence-corrected chi connectivity index (χ3v) is 2.24. The van der Waals surface area contributed by atoms with Gasteiger partial charge in [0.25, 0.3) is 0 Å². The van der Waals surface area contributed by atoms with Crippen molar-refractivity contribution >= 4 is 5.69 Å². The van der Waals surface area contributed by atoms with Crippen molar-refractivity contribution in [2.45, 2.75) is 20.0 Å². The smallest absolute Gasteiger partial charge is 0.0774 e. The van der Waals surface area contributed by atoms with Crippen molar-refractivity contribution in [3.8, 4) is 0 Å². The first-order chi connectivity index (χ1) is 7.29. The fraction of sp³-hybridized carbons (Fsp3) is 0.444. The summed E-state index contributed by atoms with van der Waals surface area (Å²) < 4.78 is 3.63. The molecular weight excluding hydrogens is 192 g/mol. The summed E-state index contributed by atoms with van der Waals surface area (Å²) in [5.41, 5.74) is 2.05. The summed E-state index contributed by atoms with van der Waals surface area (Å²) in [6.45, 7) is 3.65. The second-order valence-electron chi connectivity index (χ2n) is 3.29. The Labute approximate surface area is 87.9 Å². The number of rotatable bonds is 4. The highest BCUT2D eigenvalue weighted by Gasteiger charge is 2.00. The van der Waals surface area contributed by atoms with E-state index in [0.29, 0.717) is 6.54 Å². The number of aryl methyl sites for hydroxylation is 2. The minimum Gasteiger partial charge on any atom is -0.377 e. The summed E-state index contributed by atoms with van der Waals surface area (Å²) in [7, 11) is 1.87. The molecule has 0 radical (unpaired) electrons. The van der Waals surface area contributed by atoms with Gasteiger partial charge in [-0.2, -0.15) is 5.10 Å². The van der Waals surface area contributed by atoms with Crippen LogP contribution >= 0.6 is 0 Å². The molecule has 2 aromatic rings. The van der Waals surface area contributed by atoms with Crippen LogP contribution in [0.15, 0.2) is 18.6 Å². The predicted molar refractivity (Wildman–Crippen MR) is 56.2 cm³/mol. The molecule has 1 N–H and O–H groups in total. The maximum absolute atomic E-state index is 4.17. The topological polar surface area (TPSA) is 60.6 Å². The Morgan fingerprint density at radius 2 is 2.27 bits per heavy atom. The van der Waals surface area contributed by atoms with Gasteiger partial charge in [0.15, 0.2) is 0 Å². The second kappa shape index (κ2) is 4.12. The molecule has 0 bridgehead atoms. The van der Waals surface area contributed by atoms with E-state index in [2.05, 4.69) is 27.7 Å². The van der Waals surface area contributed by atoms with E-state index in [1.807, 2.05) is 24.1 Å². The summed E-state index contributed by atoms with van der Waals surface area (Å²) in [5.74, 6) is 0. The van der Waals surface area contributed by atoms with Gasteiger partial charge >= 0.3 is 0 Å². The zero-order chi connectivity index (χ0) is 10.7. The van der Waals surface area contributed by atoms with Crippen LogP contribution in [-0.4, -0.2) is 24.8 Å². The first-order valence-corrected chi connectivity index (χ1v) is 4.89. The molecule has 6 nitrogen and oxygen atoms in total. The van der Waals surface area contributed by atoms with Crippen LogP contribution in [0.3, 0.4) is 0 Å². The Hall–Kier alpha value is -1.85. The van der Waals surface area contributed by atoms with Crippen LogP contribution in [0.25, 0.3) is 0 Å². The molecule has 0 saturated heterocycles. The van der Waals surface area contributed by atoms with Gasteiger partial charge in [0, 0.05) is 19.8 Å². The highest BCUT2D eigenvalue weighted by atomic mass is 15.4. The first kappa shape index (κ1) is 9.70. The van der Waals surface area contributed by atoms with E-state index >= 15 is 0 Å². The van der Waals surface area contributed by atoms with Crippen molar-refractivity contribution in [2.24, 2.45) is 7.05 Å². The number of hydrogen-bond acceptors (Lipinski definition) is 4. The lowest BCUT2D eigenvalue weighted by atomic mass is 10.4. The standard InChI is InChI=1S/C9H14N6/c1-3-15-7-8(4-12-15)10-5-9-6-11-13-14(9)2/h4,6-7,10H,3,5H2,1-2H3. The minimum atomic E-state index is 0.707.